The molecule has 0 bridgehead atoms. The number of nitrogens with zero attached hydrogens (tertiary/aromatic N) is 2. The second kappa shape index (κ2) is 9.33. The number of hydrogen-bond donors (Lipinski definition) is 1. The normalized spacial score (nSPS) is 13.7. The molecular formula is C26H21Cl2F3N2O3. The fourth-order valence-electron chi connectivity index (χ4n) is 4.60. The Morgan fingerprint density at radius 3 is 2.11 bits per heavy atom. The first kappa shape index (κ1) is 25.9. The topological polar surface area (TPSA) is 64.2 Å². The number of carboxylic acid groups (broad SMARTS) is 1. The molecule has 2 unspecified atom stereocenters. The van der Waals surface area contributed by atoms with E-state index in [0.29, 0.717) is 22.2 Å². The highest BCUT2D eigenvalue weighted by molar-refractivity contribution is 6.33. The first-order chi connectivity index (χ1) is 16.8. The molecule has 0 radical (unpaired) electrons. The van der Waals surface area contributed by atoms with E-state index in [4.69, 9.17) is 23.2 Å². The Labute approximate surface area is 214 Å². The zero-order valence-electron chi connectivity index (χ0n) is 19.4. The molecule has 4 rings (SSSR count). The summed E-state index contributed by atoms with van der Waals surface area (Å²) < 4.78 is 45.8. The minimum absolute atomic E-state index is 0.0210. The largest absolute Gasteiger partial charge is 0.478 e. The van der Waals surface area contributed by atoms with Gasteiger partial charge in [0.15, 0.2) is 0 Å². The van der Waals surface area contributed by atoms with E-state index < -0.39 is 24.0 Å². The lowest BCUT2D eigenvalue weighted by molar-refractivity contribution is -0.154. The quantitative estimate of drug-likeness (QED) is 0.298. The van der Waals surface area contributed by atoms with Gasteiger partial charge in [-0.05, 0) is 58.5 Å². The second-order valence-corrected chi connectivity index (χ2v) is 9.51. The number of aromatic nitrogens is 2. The minimum Gasteiger partial charge on any atom is -0.478 e. The highest BCUT2D eigenvalue weighted by Crippen LogP contribution is 2.47. The standard InChI is InChI=1S/C26H21Cl2F3N2O3/c1-13(17-7-4-15(11-20(17)28)14-5-8-19(27)18(10-14)24(34)35)23(26(29,30)31)16-6-9-21-22(12-16)33(3)25(36)32(21)2/h4-13,23H,1-3H3,(H,34,35). The summed E-state index contributed by atoms with van der Waals surface area (Å²) in [6.45, 7) is 1.46. The number of hydrogen-bond acceptors (Lipinski definition) is 2. The summed E-state index contributed by atoms with van der Waals surface area (Å²) in [6.07, 6.45) is -4.59. The molecule has 1 N–H and O–H groups in total. The summed E-state index contributed by atoms with van der Waals surface area (Å²) in [5.74, 6) is -4.13. The molecule has 0 aliphatic heterocycles. The van der Waals surface area contributed by atoms with Gasteiger partial charge in [0.1, 0.15) is 0 Å². The molecule has 0 aliphatic carbocycles. The van der Waals surface area contributed by atoms with Gasteiger partial charge in [0.2, 0.25) is 0 Å². The molecule has 0 amide bonds. The zero-order chi connectivity index (χ0) is 26.5. The van der Waals surface area contributed by atoms with Gasteiger partial charge in [-0.15, -0.1) is 0 Å². The van der Waals surface area contributed by atoms with Crippen LogP contribution in [0.15, 0.2) is 59.4 Å². The summed E-state index contributed by atoms with van der Waals surface area (Å²) in [5.41, 5.74) is 1.88. The molecular weight excluding hydrogens is 516 g/mol. The van der Waals surface area contributed by atoms with Gasteiger partial charge >= 0.3 is 17.8 Å². The third-order valence-electron chi connectivity index (χ3n) is 6.53. The lowest BCUT2D eigenvalue weighted by Gasteiger charge is -2.28. The lowest BCUT2D eigenvalue weighted by atomic mass is 9.81. The number of halogens is 5. The molecule has 5 nitrogen and oxygen atoms in total. The van der Waals surface area contributed by atoms with Gasteiger partial charge in [0.05, 0.1) is 27.5 Å². The highest BCUT2D eigenvalue weighted by atomic mass is 35.5. The lowest BCUT2D eigenvalue weighted by Crippen LogP contribution is -2.26. The summed E-state index contributed by atoms with van der Waals surface area (Å²) >= 11 is 12.4. The highest BCUT2D eigenvalue weighted by Gasteiger charge is 2.45. The third kappa shape index (κ3) is 4.51. The maximum Gasteiger partial charge on any atom is 0.396 e. The van der Waals surface area contributed by atoms with Crippen molar-refractivity contribution in [3.05, 3.63) is 91.8 Å². The Morgan fingerprint density at radius 2 is 1.50 bits per heavy atom. The van der Waals surface area contributed by atoms with E-state index in [1.54, 1.807) is 19.2 Å². The van der Waals surface area contributed by atoms with E-state index in [2.05, 4.69) is 0 Å². The van der Waals surface area contributed by atoms with E-state index in [0.717, 1.165) is 0 Å². The summed E-state index contributed by atoms with van der Waals surface area (Å²) in [5, 5.41) is 9.51. The number of alkyl halides is 3. The van der Waals surface area contributed by atoms with Crippen molar-refractivity contribution in [2.75, 3.05) is 0 Å². The van der Waals surface area contributed by atoms with Crippen LogP contribution in [0.2, 0.25) is 10.0 Å². The molecule has 0 fully saturated rings. The van der Waals surface area contributed by atoms with Crippen molar-refractivity contribution in [1.82, 2.24) is 9.13 Å². The molecule has 0 aliphatic rings. The fourth-order valence-corrected chi connectivity index (χ4v) is 5.15. The molecule has 0 saturated heterocycles. The van der Waals surface area contributed by atoms with Crippen molar-refractivity contribution >= 4 is 40.2 Å². The number of aromatic carboxylic acids is 1. The first-order valence-corrected chi connectivity index (χ1v) is 11.6. The summed E-state index contributed by atoms with van der Waals surface area (Å²) in [7, 11) is 3.08. The number of rotatable bonds is 5. The zero-order valence-corrected chi connectivity index (χ0v) is 20.9. The number of aryl methyl sites for hydroxylation is 2. The average Bonchev–Trinajstić information content (AvgIpc) is 3.02. The molecule has 1 aromatic heterocycles. The monoisotopic (exact) mass is 536 g/mol. The van der Waals surface area contributed by atoms with Gasteiger partial charge in [-0.3, -0.25) is 9.13 Å². The number of benzene rings is 3. The van der Waals surface area contributed by atoms with Crippen molar-refractivity contribution in [2.24, 2.45) is 14.1 Å². The van der Waals surface area contributed by atoms with Crippen LogP contribution in [0.5, 0.6) is 0 Å². The van der Waals surface area contributed by atoms with Gasteiger partial charge in [0, 0.05) is 19.1 Å². The van der Waals surface area contributed by atoms with Crippen LogP contribution in [0, 0.1) is 0 Å². The molecule has 2 atom stereocenters. The van der Waals surface area contributed by atoms with Gasteiger partial charge in [0.25, 0.3) is 0 Å². The number of carboxylic acids is 1. The molecule has 0 spiro atoms. The molecule has 3 aromatic carbocycles. The maximum atomic E-state index is 14.4. The SMILES string of the molecule is CC(c1ccc(-c2ccc(Cl)c(C(=O)O)c2)cc1Cl)C(c1ccc2c(c1)n(C)c(=O)n2C)C(F)(F)F. The van der Waals surface area contributed by atoms with Crippen LogP contribution in [0.25, 0.3) is 22.2 Å². The molecule has 188 valence electrons. The van der Waals surface area contributed by atoms with Gasteiger partial charge in [-0.1, -0.05) is 54.4 Å². The van der Waals surface area contributed by atoms with E-state index >= 15 is 0 Å². The van der Waals surface area contributed by atoms with Crippen molar-refractivity contribution in [3.8, 4) is 11.1 Å². The van der Waals surface area contributed by atoms with Crippen molar-refractivity contribution < 1.29 is 23.1 Å². The fraction of sp³-hybridized carbons (Fsp3) is 0.231. The van der Waals surface area contributed by atoms with Crippen LogP contribution >= 0.6 is 23.2 Å². The Balaban J connectivity index is 1.77. The maximum absolute atomic E-state index is 14.4. The van der Waals surface area contributed by atoms with Crippen LogP contribution in [-0.4, -0.2) is 26.4 Å². The molecule has 36 heavy (non-hydrogen) atoms. The molecule has 0 saturated carbocycles. The van der Waals surface area contributed by atoms with Crippen molar-refractivity contribution in [3.63, 3.8) is 0 Å². The van der Waals surface area contributed by atoms with Crippen LogP contribution in [0.3, 0.4) is 0 Å². The Hall–Kier alpha value is -3.23. The van der Waals surface area contributed by atoms with Crippen LogP contribution in [0.1, 0.15) is 40.2 Å². The molecule has 1 heterocycles. The van der Waals surface area contributed by atoms with Crippen LogP contribution < -0.4 is 5.69 Å². The first-order valence-electron chi connectivity index (χ1n) is 10.9. The molecule has 4 aromatic rings. The van der Waals surface area contributed by atoms with E-state index in [-0.39, 0.29) is 32.4 Å². The van der Waals surface area contributed by atoms with E-state index in [1.165, 1.54) is 65.6 Å². The second-order valence-electron chi connectivity index (χ2n) is 8.69. The minimum atomic E-state index is -4.59. The van der Waals surface area contributed by atoms with Gasteiger partial charge in [-0.25, -0.2) is 9.59 Å². The van der Waals surface area contributed by atoms with Crippen molar-refractivity contribution in [2.45, 2.75) is 24.9 Å². The van der Waals surface area contributed by atoms with Gasteiger partial charge < -0.3 is 5.11 Å². The van der Waals surface area contributed by atoms with E-state index in [9.17, 15) is 27.9 Å². The Bertz CT molecular complexity index is 1560. The Morgan fingerprint density at radius 1 is 0.889 bits per heavy atom. The average molecular weight is 537 g/mol. The number of imidazole rings is 1. The number of carbonyl (C=O) groups is 1. The van der Waals surface area contributed by atoms with Gasteiger partial charge in [-0.2, -0.15) is 13.2 Å². The summed E-state index contributed by atoms with van der Waals surface area (Å²) in [6, 6.07) is 13.4. The van der Waals surface area contributed by atoms with E-state index in [1.807, 2.05) is 0 Å². The van der Waals surface area contributed by atoms with Crippen LogP contribution in [0.4, 0.5) is 13.2 Å². The number of fused-ring (bicyclic) bond motifs is 1. The van der Waals surface area contributed by atoms with Crippen LogP contribution in [-0.2, 0) is 14.1 Å². The Kier molecular flexibility index (Phi) is 6.70. The summed E-state index contributed by atoms with van der Waals surface area (Å²) in [4.78, 5) is 23.6. The smallest absolute Gasteiger partial charge is 0.396 e. The van der Waals surface area contributed by atoms with Crippen molar-refractivity contribution in [1.29, 1.82) is 0 Å². The predicted molar refractivity (Wildman–Crippen MR) is 134 cm³/mol. The predicted octanol–water partition coefficient (Wildman–Crippen LogP) is 7.00. The third-order valence-corrected chi connectivity index (χ3v) is 7.19. The molecule has 10 heteroatoms.